The fraction of sp³-hybridized carbons (Fsp3) is 0.379. The van der Waals surface area contributed by atoms with Gasteiger partial charge in [-0.15, -0.1) is 0 Å². The molecule has 7 nitrogen and oxygen atoms in total. The summed E-state index contributed by atoms with van der Waals surface area (Å²) < 4.78 is 5.66. The van der Waals surface area contributed by atoms with Gasteiger partial charge >= 0.3 is 6.03 Å². The van der Waals surface area contributed by atoms with Crippen LogP contribution in [0.5, 0.6) is 0 Å². The first kappa shape index (κ1) is 23.0. The molecule has 4 heterocycles. The van der Waals surface area contributed by atoms with E-state index in [-0.39, 0.29) is 23.2 Å². The Bertz CT molecular complexity index is 1270. The zero-order valence-electron chi connectivity index (χ0n) is 20.4. The molecule has 0 radical (unpaired) electrons. The van der Waals surface area contributed by atoms with Crippen LogP contribution < -0.4 is 5.56 Å². The number of nitrogens with one attached hydrogen (secondary N) is 1. The van der Waals surface area contributed by atoms with Gasteiger partial charge in [-0.05, 0) is 30.0 Å². The molecule has 2 amide bonds. The highest BCUT2D eigenvalue weighted by atomic mass is 16.5. The average Bonchev–Trinajstić information content (AvgIpc) is 3.40. The van der Waals surface area contributed by atoms with E-state index in [4.69, 9.17) is 4.74 Å². The van der Waals surface area contributed by atoms with Crippen LogP contribution in [0.25, 0.3) is 11.3 Å². The largest absolute Gasteiger partial charge is 0.377 e. The summed E-state index contributed by atoms with van der Waals surface area (Å²) in [5, 5.41) is 0. The predicted octanol–water partition coefficient (Wildman–Crippen LogP) is 3.89. The summed E-state index contributed by atoms with van der Waals surface area (Å²) >= 11 is 0. The van der Waals surface area contributed by atoms with Gasteiger partial charge in [0, 0.05) is 44.0 Å². The summed E-state index contributed by atoms with van der Waals surface area (Å²) in [6.45, 7) is 4.51. The molecular formula is C29H32N4O3. The number of likely N-dealkylation sites (tertiary alicyclic amines) is 1. The monoisotopic (exact) mass is 484 g/mol. The normalized spacial score (nSPS) is 21.5. The van der Waals surface area contributed by atoms with Gasteiger partial charge in [-0.25, -0.2) is 4.79 Å². The van der Waals surface area contributed by atoms with Gasteiger partial charge in [0.1, 0.15) is 0 Å². The molecule has 2 aromatic carbocycles. The van der Waals surface area contributed by atoms with Crippen molar-refractivity contribution in [1.82, 2.24) is 19.7 Å². The fourth-order valence-electron chi connectivity index (χ4n) is 5.85. The van der Waals surface area contributed by atoms with Crippen molar-refractivity contribution in [3.63, 3.8) is 0 Å². The molecule has 3 fully saturated rings. The minimum absolute atomic E-state index is 0.0620. The van der Waals surface area contributed by atoms with Gasteiger partial charge < -0.3 is 19.5 Å². The minimum atomic E-state index is -0.236. The summed E-state index contributed by atoms with van der Waals surface area (Å²) in [4.78, 5) is 36.0. The van der Waals surface area contributed by atoms with Gasteiger partial charge in [0.05, 0.1) is 24.8 Å². The van der Waals surface area contributed by atoms with Crippen molar-refractivity contribution < 1.29 is 9.53 Å². The van der Waals surface area contributed by atoms with E-state index >= 15 is 0 Å². The lowest BCUT2D eigenvalue weighted by Gasteiger charge is -2.55. The van der Waals surface area contributed by atoms with Crippen molar-refractivity contribution in [2.24, 2.45) is 0 Å². The Labute approximate surface area is 211 Å². The molecule has 6 rings (SSSR count). The number of benzene rings is 2. The molecule has 36 heavy (non-hydrogen) atoms. The molecule has 1 atom stereocenters. The highest BCUT2D eigenvalue weighted by Gasteiger charge is 2.49. The Hall–Kier alpha value is -3.42. The Kier molecular flexibility index (Phi) is 6.11. The summed E-state index contributed by atoms with van der Waals surface area (Å²) in [5.74, 6) is 0. The van der Waals surface area contributed by atoms with E-state index in [1.54, 1.807) is 0 Å². The van der Waals surface area contributed by atoms with E-state index in [1.807, 2.05) is 70.5 Å². The Morgan fingerprint density at radius 3 is 2.39 bits per heavy atom. The molecule has 0 unspecified atom stereocenters. The molecular weight excluding hydrogens is 452 g/mol. The minimum Gasteiger partial charge on any atom is -0.377 e. The van der Waals surface area contributed by atoms with Crippen LogP contribution in [0.15, 0.2) is 77.6 Å². The molecule has 0 aliphatic carbocycles. The third-order valence-corrected chi connectivity index (χ3v) is 7.93. The van der Waals surface area contributed by atoms with Crippen LogP contribution in [0, 0.1) is 0 Å². The summed E-state index contributed by atoms with van der Waals surface area (Å²) in [6.07, 6.45) is 2.03. The molecule has 1 aromatic heterocycles. The van der Waals surface area contributed by atoms with Crippen molar-refractivity contribution in [2.45, 2.75) is 31.0 Å². The molecule has 186 valence electrons. The lowest BCUT2D eigenvalue weighted by Crippen LogP contribution is -2.72. The molecule has 1 N–H and O–H groups in total. The van der Waals surface area contributed by atoms with Crippen LogP contribution in [0.4, 0.5) is 4.79 Å². The number of amides is 2. The van der Waals surface area contributed by atoms with Crippen LogP contribution in [0.3, 0.4) is 0 Å². The standard InChI is InChI=1S/C29H32N4O3/c34-27-24(13-14-25(30-27)22-8-3-1-4-9-22)18-32-17-16-31(19-29(32)20-36-21-29)28(35)33-15-7-12-26(33)23-10-5-2-6-11-23/h1-6,8-11,13-14,26H,7,12,15-21H2,(H,30,34)/t26-/m0/s1. The number of ether oxygens (including phenoxy) is 1. The number of H-pyrrole nitrogens is 1. The van der Waals surface area contributed by atoms with Crippen LogP contribution in [0.1, 0.15) is 30.0 Å². The number of piperazine rings is 1. The fourth-order valence-corrected chi connectivity index (χ4v) is 5.85. The number of nitrogens with zero attached hydrogens (tertiary/aromatic N) is 3. The van der Waals surface area contributed by atoms with E-state index in [2.05, 4.69) is 22.0 Å². The lowest BCUT2D eigenvalue weighted by molar-refractivity contribution is -0.167. The van der Waals surface area contributed by atoms with E-state index in [0.29, 0.717) is 32.8 Å². The molecule has 3 aliphatic rings. The number of rotatable bonds is 4. The van der Waals surface area contributed by atoms with Gasteiger partial charge in [-0.2, -0.15) is 0 Å². The first-order chi connectivity index (χ1) is 17.6. The molecule has 0 bridgehead atoms. The van der Waals surface area contributed by atoms with Crippen LogP contribution in [0.2, 0.25) is 0 Å². The van der Waals surface area contributed by atoms with E-state index in [0.717, 1.165) is 42.8 Å². The second kappa shape index (κ2) is 9.56. The first-order valence-corrected chi connectivity index (χ1v) is 12.8. The number of pyridine rings is 1. The average molecular weight is 485 g/mol. The number of hydrogen-bond acceptors (Lipinski definition) is 4. The predicted molar refractivity (Wildman–Crippen MR) is 139 cm³/mol. The summed E-state index contributed by atoms with van der Waals surface area (Å²) in [5.41, 5.74) is 3.47. The molecule has 0 saturated carbocycles. The Balaban J connectivity index is 1.16. The third-order valence-electron chi connectivity index (χ3n) is 7.93. The van der Waals surface area contributed by atoms with E-state index in [9.17, 15) is 9.59 Å². The van der Waals surface area contributed by atoms with Crippen molar-refractivity contribution in [2.75, 3.05) is 39.4 Å². The van der Waals surface area contributed by atoms with Crippen LogP contribution >= 0.6 is 0 Å². The Morgan fingerprint density at radius 1 is 0.944 bits per heavy atom. The van der Waals surface area contributed by atoms with Crippen molar-refractivity contribution in [3.05, 3.63) is 94.3 Å². The van der Waals surface area contributed by atoms with E-state index in [1.165, 1.54) is 5.56 Å². The van der Waals surface area contributed by atoms with Crippen molar-refractivity contribution in [1.29, 1.82) is 0 Å². The maximum Gasteiger partial charge on any atom is 0.320 e. The van der Waals surface area contributed by atoms with Crippen LogP contribution in [-0.4, -0.2) is 70.6 Å². The highest BCUT2D eigenvalue weighted by molar-refractivity contribution is 5.75. The smallest absolute Gasteiger partial charge is 0.320 e. The number of carbonyl (C=O) groups is 1. The number of aromatic amines is 1. The van der Waals surface area contributed by atoms with E-state index < -0.39 is 0 Å². The van der Waals surface area contributed by atoms with Gasteiger partial charge in [0.15, 0.2) is 0 Å². The van der Waals surface area contributed by atoms with Gasteiger partial charge in [0.2, 0.25) is 0 Å². The zero-order chi connectivity index (χ0) is 24.5. The van der Waals surface area contributed by atoms with Crippen molar-refractivity contribution in [3.8, 4) is 11.3 Å². The third kappa shape index (κ3) is 4.22. The maximum atomic E-state index is 13.6. The SMILES string of the molecule is O=C(N1CCN(Cc2ccc(-c3ccccc3)[nH]c2=O)C2(COC2)C1)N1CCC[C@H]1c1ccccc1. The number of carbonyl (C=O) groups excluding carboxylic acids is 1. The lowest BCUT2D eigenvalue weighted by atomic mass is 9.91. The summed E-state index contributed by atoms with van der Waals surface area (Å²) in [7, 11) is 0. The molecule has 3 aliphatic heterocycles. The number of hydrogen-bond donors (Lipinski definition) is 1. The van der Waals surface area contributed by atoms with Gasteiger partial charge in [-0.3, -0.25) is 9.69 Å². The highest BCUT2D eigenvalue weighted by Crippen LogP contribution is 2.35. The number of aromatic nitrogens is 1. The maximum absolute atomic E-state index is 13.6. The molecule has 3 saturated heterocycles. The molecule has 3 aromatic rings. The summed E-state index contributed by atoms with van der Waals surface area (Å²) in [6, 6.07) is 24.4. The molecule has 1 spiro atoms. The van der Waals surface area contributed by atoms with Crippen molar-refractivity contribution >= 4 is 6.03 Å². The quantitative estimate of drug-likeness (QED) is 0.610. The zero-order valence-corrected chi connectivity index (χ0v) is 20.4. The Morgan fingerprint density at radius 2 is 1.69 bits per heavy atom. The number of urea groups is 1. The van der Waals surface area contributed by atoms with Crippen LogP contribution in [-0.2, 0) is 11.3 Å². The van der Waals surface area contributed by atoms with Gasteiger partial charge in [0.25, 0.3) is 5.56 Å². The van der Waals surface area contributed by atoms with Gasteiger partial charge in [-0.1, -0.05) is 66.7 Å². The topological polar surface area (TPSA) is 68.9 Å². The second-order valence-electron chi connectivity index (χ2n) is 10.2. The second-order valence-corrected chi connectivity index (χ2v) is 10.2. The first-order valence-electron chi connectivity index (χ1n) is 12.8. The molecule has 7 heteroatoms.